The number of nitrogens with zero attached hydrogens (tertiary/aromatic N) is 4. The van der Waals surface area contributed by atoms with Crippen LogP contribution in [0.4, 0.5) is 20.4 Å². The molecule has 3 rings (SSSR count). The summed E-state index contributed by atoms with van der Waals surface area (Å²) in [5.41, 5.74) is 0.635. The Hall–Kier alpha value is -3.17. The number of hydrogen-bond donors (Lipinski definition) is 2. The number of amides is 2. The van der Waals surface area contributed by atoms with Crippen molar-refractivity contribution in [2.45, 2.75) is 38.7 Å². The van der Waals surface area contributed by atoms with Gasteiger partial charge in [-0.25, -0.2) is 18.7 Å². The zero-order chi connectivity index (χ0) is 21.0. The normalized spacial score (nSPS) is 18.2. The van der Waals surface area contributed by atoms with Crippen LogP contribution in [0.5, 0.6) is 0 Å². The van der Waals surface area contributed by atoms with E-state index in [2.05, 4.69) is 25.6 Å². The Morgan fingerprint density at radius 3 is 2.76 bits per heavy atom. The zero-order valence-electron chi connectivity index (χ0n) is 16.2. The first-order chi connectivity index (χ1) is 13.7. The number of aryl methyl sites for hydroxylation is 1. The van der Waals surface area contributed by atoms with Gasteiger partial charge in [0.25, 0.3) is 11.8 Å². The number of carbonyl (C=O) groups is 2. The minimum absolute atomic E-state index is 0.0735. The van der Waals surface area contributed by atoms with Gasteiger partial charge in [-0.15, -0.1) is 0 Å². The van der Waals surface area contributed by atoms with Crippen molar-refractivity contribution >= 4 is 23.5 Å². The molecule has 2 aromatic rings. The summed E-state index contributed by atoms with van der Waals surface area (Å²) in [5, 5.41) is 5.55. The van der Waals surface area contributed by atoms with Crippen LogP contribution in [0.1, 0.15) is 35.8 Å². The lowest BCUT2D eigenvalue weighted by atomic mass is 9.98. The van der Waals surface area contributed by atoms with Crippen molar-refractivity contribution in [1.82, 2.24) is 25.2 Å². The molecular formula is C19H22F2N6O2. The average Bonchev–Trinajstić information content (AvgIpc) is 2.68. The fraction of sp³-hybridized carbons (Fsp3) is 0.421. The average molecular weight is 404 g/mol. The molecule has 0 radical (unpaired) electrons. The van der Waals surface area contributed by atoms with Gasteiger partial charge in [-0.1, -0.05) is 6.07 Å². The monoisotopic (exact) mass is 404 g/mol. The molecule has 1 saturated heterocycles. The van der Waals surface area contributed by atoms with E-state index in [1.807, 2.05) is 0 Å². The van der Waals surface area contributed by atoms with Crippen molar-refractivity contribution in [2.24, 2.45) is 0 Å². The molecule has 154 valence electrons. The minimum atomic E-state index is -2.98. The van der Waals surface area contributed by atoms with Crippen molar-refractivity contribution in [1.29, 1.82) is 0 Å². The number of likely N-dealkylation sites (tertiary alicyclic amines) is 1. The molecule has 2 aromatic heterocycles. The lowest BCUT2D eigenvalue weighted by Gasteiger charge is -2.39. The van der Waals surface area contributed by atoms with Gasteiger partial charge in [0.05, 0.1) is 12.7 Å². The fourth-order valence-corrected chi connectivity index (χ4v) is 3.15. The van der Waals surface area contributed by atoms with Gasteiger partial charge >= 0.3 is 0 Å². The van der Waals surface area contributed by atoms with Gasteiger partial charge in [-0.3, -0.25) is 14.6 Å². The summed E-state index contributed by atoms with van der Waals surface area (Å²) in [6.07, 6.45) is 4.29. The molecule has 0 spiro atoms. The van der Waals surface area contributed by atoms with Crippen molar-refractivity contribution in [2.75, 3.05) is 18.4 Å². The molecule has 2 amide bonds. The van der Waals surface area contributed by atoms with Crippen LogP contribution in [0.25, 0.3) is 0 Å². The van der Waals surface area contributed by atoms with E-state index in [-0.39, 0.29) is 31.0 Å². The van der Waals surface area contributed by atoms with Crippen molar-refractivity contribution in [3.8, 4) is 0 Å². The molecule has 0 unspecified atom stereocenters. The van der Waals surface area contributed by atoms with Crippen molar-refractivity contribution in [3.05, 3.63) is 42.0 Å². The molecule has 3 heterocycles. The molecule has 1 atom stereocenters. The summed E-state index contributed by atoms with van der Waals surface area (Å²) in [4.78, 5) is 37.8. The Bertz CT molecular complexity index is 894. The maximum atomic E-state index is 14.0. The van der Waals surface area contributed by atoms with Crippen LogP contribution in [0.2, 0.25) is 0 Å². The molecule has 1 fully saturated rings. The summed E-state index contributed by atoms with van der Waals surface area (Å²) >= 11 is 0. The highest BCUT2D eigenvalue weighted by molar-refractivity contribution is 5.94. The van der Waals surface area contributed by atoms with E-state index in [0.717, 1.165) is 4.90 Å². The van der Waals surface area contributed by atoms with Gasteiger partial charge in [0.2, 0.25) is 5.91 Å². The summed E-state index contributed by atoms with van der Waals surface area (Å²) in [5.74, 6) is -3.07. The number of pyridine rings is 1. The maximum absolute atomic E-state index is 14.0. The lowest BCUT2D eigenvalue weighted by molar-refractivity contribution is -0.119. The van der Waals surface area contributed by atoms with E-state index < -0.39 is 24.4 Å². The first kappa shape index (κ1) is 20.6. The molecule has 0 saturated carbocycles. The molecule has 1 aliphatic rings. The molecule has 1 aliphatic heterocycles. The summed E-state index contributed by atoms with van der Waals surface area (Å²) in [6, 6.07) is 2.83. The van der Waals surface area contributed by atoms with Gasteiger partial charge in [0, 0.05) is 38.3 Å². The number of piperidine rings is 1. The number of nitrogens with one attached hydrogen (secondary N) is 2. The zero-order valence-corrected chi connectivity index (χ0v) is 16.2. The molecule has 8 nitrogen and oxygen atoms in total. The number of hydrogen-bond acceptors (Lipinski definition) is 6. The predicted octanol–water partition coefficient (Wildman–Crippen LogP) is 2.30. The third kappa shape index (κ3) is 5.21. The predicted molar refractivity (Wildman–Crippen MR) is 102 cm³/mol. The van der Waals surface area contributed by atoms with Gasteiger partial charge in [0.1, 0.15) is 17.3 Å². The molecule has 0 aliphatic carbocycles. The van der Waals surface area contributed by atoms with Gasteiger partial charge < -0.3 is 15.5 Å². The largest absolute Gasteiger partial charge is 0.354 e. The highest BCUT2D eigenvalue weighted by Gasteiger charge is 2.42. The summed E-state index contributed by atoms with van der Waals surface area (Å²) < 4.78 is 28.1. The van der Waals surface area contributed by atoms with Crippen molar-refractivity contribution < 1.29 is 18.4 Å². The number of anilines is 2. The van der Waals surface area contributed by atoms with Gasteiger partial charge in [-0.2, -0.15) is 0 Å². The molecule has 0 aromatic carbocycles. The maximum Gasteiger partial charge on any atom is 0.273 e. The molecule has 2 N–H and O–H groups in total. The number of alkyl halides is 2. The van der Waals surface area contributed by atoms with E-state index in [9.17, 15) is 18.4 Å². The van der Waals surface area contributed by atoms with Crippen LogP contribution in [0, 0.1) is 6.92 Å². The third-order valence-corrected chi connectivity index (χ3v) is 4.65. The van der Waals surface area contributed by atoms with Crippen LogP contribution in [0.15, 0.2) is 30.7 Å². The van der Waals surface area contributed by atoms with Crippen LogP contribution in [-0.4, -0.2) is 56.7 Å². The van der Waals surface area contributed by atoms with E-state index in [0.29, 0.717) is 17.2 Å². The van der Waals surface area contributed by atoms with Gasteiger partial charge in [-0.05, 0) is 25.0 Å². The molecule has 10 heteroatoms. The summed E-state index contributed by atoms with van der Waals surface area (Å²) in [6.45, 7) is 2.45. The third-order valence-electron chi connectivity index (χ3n) is 4.65. The van der Waals surface area contributed by atoms with Crippen LogP contribution >= 0.6 is 0 Å². The quantitative estimate of drug-likeness (QED) is 0.793. The van der Waals surface area contributed by atoms with Crippen LogP contribution in [0.3, 0.4) is 0 Å². The smallest absolute Gasteiger partial charge is 0.273 e. The minimum Gasteiger partial charge on any atom is -0.354 e. The Morgan fingerprint density at radius 2 is 2.07 bits per heavy atom. The highest BCUT2D eigenvalue weighted by Crippen LogP contribution is 2.31. The van der Waals surface area contributed by atoms with Crippen molar-refractivity contribution in [3.63, 3.8) is 0 Å². The lowest BCUT2D eigenvalue weighted by Crippen LogP contribution is -2.55. The standard InChI is InChI=1S/C19H22F2N6O2/c1-12-3-4-15(25-16-10-22-7-8-23-16)26-17(12)18(29)27-11-19(20,21)6-5-14(27)9-24-13(2)28/h3-4,7-8,10,14H,5-6,9,11H2,1-2H3,(H,24,28)(H,23,25,26)/t14-/m1/s1. The topological polar surface area (TPSA) is 100 Å². The second-order valence-electron chi connectivity index (χ2n) is 7.00. The Balaban J connectivity index is 1.85. The number of aromatic nitrogens is 3. The van der Waals surface area contributed by atoms with E-state index in [1.165, 1.54) is 25.5 Å². The van der Waals surface area contributed by atoms with Crippen LogP contribution in [-0.2, 0) is 4.79 Å². The van der Waals surface area contributed by atoms with Gasteiger partial charge in [0.15, 0.2) is 0 Å². The van der Waals surface area contributed by atoms with E-state index in [4.69, 9.17) is 0 Å². The SMILES string of the molecule is CC(=O)NC[C@H]1CCC(F)(F)CN1C(=O)c1nc(Nc2cnccn2)ccc1C. The fourth-order valence-electron chi connectivity index (χ4n) is 3.15. The molecule has 29 heavy (non-hydrogen) atoms. The Labute approximate surface area is 166 Å². The first-order valence-corrected chi connectivity index (χ1v) is 9.19. The number of halogens is 2. The molecule has 0 bridgehead atoms. The van der Waals surface area contributed by atoms with E-state index >= 15 is 0 Å². The molecular weight excluding hydrogens is 382 g/mol. The van der Waals surface area contributed by atoms with Crippen LogP contribution < -0.4 is 10.6 Å². The Kier molecular flexibility index (Phi) is 6.00. The second-order valence-corrected chi connectivity index (χ2v) is 7.00. The second kappa shape index (κ2) is 8.46. The Morgan fingerprint density at radius 1 is 1.28 bits per heavy atom. The highest BCUT2D eigenvalue weighted by atomic mass is 19.3. The summed E-state index contributed by atoms with van der Waals surface area (Å²) in [7, 11) is 0. The number of carbonyl (C=O) groups excluding carboxylic acids is 2. The van der Waals surface area contributed by atoms with E-state index in [1.54, 1.807) is 19.1 Å². The number of rotatable bonds is 5. The first-order valence-electron chi connectivity index (χ1n) is 9.19.